The highest BCUT2D eigenvalue weighted by molar-refractivity contribution is 6.16. The Hall–Kier alpha value is -7.56. The summed E-state index contributed by atoms with van der Waals surface area (Å²) < 4.78 is 8.80. The van der Waals surface area contributed by atoms with E-state index in [0.29, 0.717) is 5.82 Å². The normalized spacial score (nSPS) is 11.6. The summed E-state index contributed by atoms with van der Waals surface area (Å²) in [5, 5.41) is 4.71. The summed E-state index contributed by atoms with van der Waals surface area (Å²) in [4.78, 5) is 10.2. The Morgan fingerprint density at radius 1 is 0.375 bits per heavy atom. The largest absolute Gasteiger partial charge is 0.456 e. The molecule has 0 unspecified atom stereocenters. The van der Waals surface area contributed by atoms with Gasteiger partial charge in [-0.3, -0.25) is 0 Å². The fourth-order valence-corrected chi connectivity index (χ4v) is 8.22. The molecule has 0 aliphatic heterocycles. The highest BCUT2D eigenvalue weighted by Crippen LogP contribution is 2.44. The van der Waals surface area contributed by atoms with E-state index in [1.54, 1.807) is 0 Å². The van der Waals surface area contributed by atoms with E-state index in [0.717, 1.165) is 78.0 Å². The van der Waals surface area contributed by atoms with Gasteiger partial charge in [0.25, 0.3) is 0 Å². The second-order valence-corrected chi connectivity index (χ2v) is 14.1. The van der Waals surface area contributed by atoms with Gasteiger partial charge in [-0.1, -0.05) is 158 Å². The van der Waals surface area contributed by atoms with Crippen LogP contribution in [0, 0.1) is 0 Å². The highest BCUT2D eigenvalue weighted by atomic mass is 16.3. The van der Waals surface area contributed by atoms with Gasteiger partial charge >= 0.3 is 0 Å². The molecule has 11 aromatic rings. The van der Waals surface area contributed by atoms with Crippen molar-refractivity contribution >= 4 is 43.7 Å². The van der Waals surface area contributed by atoms with Crippen LogP contribution in [0.3, 0.4) is 0 Å². The molecule has 4 heteroatoms. The Bertz CT molecular complexity index is 3100. The van der Waals surface area contributed by atoms with Gasteiger partial charge in [0.05, 0.1) is 22.4 Å². The van der Waals surface area contributed by atoms with E-state index in [2.05, 4.69) is 156 Å². The Kier molecular flexibility index (Phi) is 7.46. The number of aromatic nitrogens is 3. The molecule has 0 aliphatic carbocycles. The van der Waals surface area contributed by atoms with Gasteiger partial charge in [-0.15, -0.1) is 0 Å². The smallest absolute Gasteiger partial charge is 0.160 e. The second kappa shape index (κ2) is 13.1. The van der Waals surface area contributed by atoms with E-state index in [-0.39, 0.29) is 0 Å². The molecule has 56 heavy (non-hydrogen) atoms. The van der Waals surface area contributed by atoms with Crippen molar-refractivity contribution in [3.05, 3.63) is 200 Å². The Morgan fingerprint density at radius 2 is 0.893 bits per heavy atom. The molecule has 4 nitrogen and oxygen atoms in total. The van der Waals surface area contributed by atoms with Crippen molar-refractivity contribution < 1.29 is 4.42 Å². The van der Waals surface area contributed by atoms with Crippen LogP contribution < -0.4 is 0 Å². The van der Waals surface area contributed by atoms with E-state index in [1.165, 1.54) is 21.8 Å². The van der Waals surface area contributed by atoms with Crippen molar-refractivity contribution in [1.82, 2.24) is 14.5 Å². The van der Waals surface area contributed by atoms with Crippen molar-refractivity contribution in [3.63, 3.8) is 0 Å². The summed E-state index contributed by atoms with van der Waals surface area (Å²) in [5.41, 5.74) is 14.6. The minimum absolute atomic E-state index is 0.689. The van der Waals surface area contributed by atoms with Gasteiger partial charge in [-0.2, -0.15) is 0 Å². The zero-order chi connectivity index (χ0) is 37.0. The number of para-hydroxylation sites is 3. The SMILES string of the molecule is c1ccc(-c2cc(-c3ccccc3)nc(-c3ccc(-c4ccc5oc6ccccc6c5c4-c4ccc(-n5c6ccccc6c6ccccc65)cc4)cc3)n2)cc1. The molecular weight excluding hydrogens is 683 g/mol. The summed E-state index contributed by atoms with van der Waals surface area (Å²) in [6, 6.07) is 70.2. The van der Waals surface area contributed by atoms with E-state index < -0.39 is 0 Å². The molecule has 0 N–H and O–H groups in total. The number of hydrogen-bond donors (Lipinski definition) is 0. The van der Waals surface area contributed by atoms with Crippen LogP contribution >= 0.6 is 0 Å². The van der Waals surface area contributed by atoms with Gasteiger partial charge in [-0.05, 0) is 59.2 Å². The van der Waals surface area contributed by atoms with Crippen LogP contribution in [0.25, 0.3) is 106 Å². The van der Waals surface area contributed by atoms with Crippen LogP contribution in [0.5, 0.6) is 0 Å². The van der Waals surface area contributed by atoms with Crippen LogP contribution in [-0.4, -0.2) is 14.5 Å². The Balaban J connectivity index is 1.05. The zero-order valence-electron chi connectivity index (χ0n) is 30.3. The van der Waals surface area contributed by atoms with Crippen molar-refractivity contribution in [2.75, 3.05) is 0 Å². The van der Waals surface area contributed by atoms with Gasteiger partial charge < -0.3 is 8.98 Å². The summed E-state index contributed by atoms with van der Waals surface area (Å²) in [7, 11) is 0. The average Bonchev–Trinajstić information content (AvgIpc) is 3.83. The van der Waals surface area contributed by atoms with Gasteiger partial charge in [0.15, 0.2) is 5.82 Å². The molecule has 3 aromatic heterocycles. The van der Waals surface area contributed by atoms with Crippen molar-refractivity contribution in [1.29, 1.82) is 0 Å². The van der Waals surface area contributed by atoms with E-state index in [9.17, 15) is 0 Å². The molecule has 0 saturated heterocycles. The number of furan rings is 1. The minimum atomic E-state index is 0.689. The lowest BCUT2D eigenvalue weighted by atomic mass is 9.90. The summed E-state index contributed by atoms with van der Waals surface area (Å²) >= 11 is 0. The minimum Gasteiger partial charge on any atom is -0.456 e. The Labute approximate surface area is 323 Å². The van der Waals surface area contributed by atoms with Crippen LogP contribution in [0.2, 0.25) is 0 Å². The maximum Gasteiger partial charge on any atom is 0.160 e. The molecule has 0 aliphatic rings. The average molecular weight is 716 g/mol. The van der Waals surface area contributed by atoms with Gasteiger partial charge in [-0.25, -0.2) is 9.97 Å². The molecule has 8 aromatic carbocycles. The van der Waals surface area contributed by atoms with Gasteiger partial charge in [0.1, 0.15) is 11.2 Å². The monoisotopic (exact) mass is 715 g/mol. The van der Waals surface area contributed by atoms with Crippen molar-refractivity contribution in [2.24, 2.45) is 0 Å². The third kappa shape index (κ3) is 5.31. The molecule has 262 valence electrons. The molecule has 0 saturated carbocycles. The first-order valence-electron chi connectivity index (χ1n) is 18.9. The fourth-order valence-electron chi connectivity index (χ4n) is 8.22. The number of fused-ring (bicyclic) bond motifs is 6. The summed E-state index contributed by atoms with van der Waals surface area (Å²) in [6.45, 7) is 0. The molecule has 0 fully saturated rings. The standard InChI is InChI=1S/C52H33N3O/c1-3-13-35(14-4-1)44-33-45(36-15-5-2-6-16-36)54-52(53-44)38-25-23-34(24-26-38)40-31-32-49-51(43-19-9-12-22-48(43)56-49)50(40)37-27-29-39(30-28-37)55-46-20-10-7-17-41(46)42-18-8-11-21-47(42)55/h1-33H. The predicted molar refractivity (Wildman–Crippen MR) is 231 cm³/mol. The fraction of sp³-hybridized carbons (Fsp3) is 0. The first-order valence-corrected chi connectivity index (χ1v) is 18.9. The molecule has 3 heterocycles. The number of rotatable bonds is 6. The van der Waals surface area contributed by atoms with E-state index >= 15 is 0 Å². The van der Waals surface area contributed by atoms with Crippen LogP contribution in [0.15, 0.2) is 205 Å². The lowest BCUT2D eigenvalue weighted by molar-refractivity contribution is 0.669. The molecule has 0 bridgehead atoms. The maximum atomic E-state index is 6.44. The lowest BCUT2D eigenvalue weighted by Crippen LogP contribution is -1.96. The summed E-state index contributed by atoms with van der Waals surface area (Å²) in [6.07, 6.45) is 0. The Morgan fingerprint density at radius 3 is 1.52 bits per heavy atom. The predicted octanol–water partition coefficient (Wildman–Crippen LogP) is 13.8. The van der Waals surface area contributed by atoms with Crippen LogP contribution in [-0.2, 0) is 0 Å². The molecule has 0 radical (unpaired) electrons. The molecule has 0 amide bonds. The summed E-state index contributed by atoms with van der Waals surface area (Å²) in [5.74, 6) is 0.689. The van der Waals surface area contributed by atoms with Gasteiger partial charge in [0, 0.05) is 49.5 Å². The third-order valence-corrected chi connectivity index (χ3v) is 10.9. The highest BCUT2D eigenvalue weighted by Gasteiger charge is 2.19. The van der Waals surface area contributed by atoms with Crippen LogP contribution in [0.1, 0.15) is 0 Å². The van der Waals surface area contributed by atoms with E-state index in [1.807, 2.05) is 48.5 Å². The second-order valence-electron chi connectivity index (χ2n) is 14.1. The van der Waals surface area contributed by atoms with Gasteiger partial charge in [0.2, 0.25) is 0 Å². The van der Waals surface area contributed by atoms with E-state index in [4.69, 9.17) is 14.4 Å². The maximum absolute atomic E-state index is 6.44. The third-order valence-electron chi connectivity index (χ3n) is 10.9. The zero-order valence-corrected chi connectivity index (χ0v) is 30.3. The lowest BCUT2D eigenvalue weighted by Gasteiger charge is -2.15. The first kappa shape index (κ1) is 31.9. The van der Waals surface area contributed by atoms with Crippen LogP contribution in [0.4, 0.5) is 0 Å². The topological polar surface area (TPSA) is 43.9 Å². The number of hydrogen-bond acceptors (Lipinski definition) is 3. The number of nitrogens with zero attached hydrogens (tertiary/aromatic N) is 3. The molecule has 11 rings (SSSR count). The van der Waals surface area contributed by atoms with Crippen molar-refractivity contribution in [3.8, 4) is 61.8 Å². The quantitative estimate of drug-likeness (QED) is 0.172. The number of benzene rings is 8. The molecular formula is C52H33N3O. The molecule has 0 spiro atoms. The van der Waals surface area contributed by atoms with Crippen molar-refractivity contribution in [2.45, 2.75) is 0 Å². The first-order chi connectivity index (χ1) is 27.8. The molecule has 0 atom stereocenters.